The predicted molar refractivity (Wildman–Crippen MR) is 51.5 cm³/mol. The molecule has 0 aromatic heterocycles. The van der Waals surface area contributed by atoms with Crippen molar-refractivity contribution in [3.05, 3.63) is 0 Å². The van der Waals surface area contributed by atoms with Gasteiger partial charge in [0.1, 0.15) is 0 Å². The molecule has 0 aliphatic carbocycles. The Labute approximate surface area is 70.8 Å². The van der Waals surface area contributed by atoms with Crippen molar-refractivity contribution in [3.8, 4) is 0 Å². The monoisotopic (exact) mass is 169 g/mol. The smallest absolute Gasteiger partial charge is 0.0700 e. The summed E-state index contributed by atoms with van der Waals surface area (Å²) >= 11 is 0. The molecule has 1 spiro atoms. The highest BCUT2D eigenvalue weighted by molar-refractivity contribution is 6.90. The van der Waals surface area contributed by atoms with Gasteiger partial charge in [-0.3, -0.25) is 0 Å². The van der Waals surface area contributed by atoms with Crippen molar-refractivity contribution < 1.29 is 0 Å². The highest BCUT2D eigenvalue weighted by atomic mass is 28.3. The molecule has 11 heavy (non-hydrogen) atoms. The Kier molecular flexibility index (Phi) is 1.65. The van der Waals surface area contributed by atoms with Crippen LogP contribution >= 0.6 is 0 Å². The van der Waals surface area contributed by atoms with Crippen molar-refractivity contribution in [2.45, 2.75) is 51.0 Å². The summed E-state index contributed by atoms with van der Waals surface area (Å²) in [6.07, 6.45) is 1.52. The molecule has 0 aromatic rings. The molecule has 0 saturated carbocycles. The quantitative estimate of drug-likeness (QED) is 0.543. The van der Waals surface area contributed by atoms with Crippen LogP contribution in [-0.2, 0) is 0 Å². The molecule has 1 nitrogen and oxygen atoms in total. The zero-order valence-corrected chi connectivity index (χ0v) is 8.93. The van der Waals surface area contributed by atoms with Gasteiger partial charge in [0.25, 0.3) is 0 Å². The molecule has 0 amide bonds. The van der Waals surface area contributed by atoms with Gasteiger partial charge >= 0.3 is 0 Å². The molecule has 0 bridgehead atoms. The first-order valence-corrected chi connectivity index (χ1v) is 7.72. The van der Waals surface area contributed by atoms with Crippen molar-refractivity contribution in [2.75, 3.05) is 6.17 Å². The van der Waals surface area contributed by atoms with E-state index < -0.39 is 8.07 Å². The lowest BCUT2D eigenvalue weighted by Gasteiger charge is -2.25. The topological polar surface area (TPSA) is 3.24 Å². The summed E-state index contributed by atoms with van der Waals surface area (Å²) in [7, 11) is -0.553. The first-order chi connectivity index (χ1) is 5.13. The fraction of sp³-hybridized carbons (Fsp3) is 1.00. The molecule has 1 atom stereocenters. The summed E-state index contributed by atoms with van der Waals surface area (Å²) in [5.74, 6) is 0. The lowest BCUT2D eigenvalue weighted by Crippen LogP contribution is -2.35. The fourth-order valence-corrected chi connectivity index (χ4v) is 7.79. The van der Waals surface area contributed by atoms with Crippen LogP contribution in [0, 0.1) is 0 Å². The summed E-state index contributed by atoms with van der Waals surface area (Å²) in [5, 5.41) is 0. The lowest BCUT2D eigenvalue weighted by atomic mass is 10.2. The van der Waals surface area contributed by atoms with Crippen LogP contribution in [-0.4, -0.2) is 31.2 Å². The Morgan fingerprint density at radius 3 is 2.27 bits per heavy atom. The van der Waals surface area contributed by atoms with Crippen LogP contribution in [0.1, 0.15) is 20.8 Å². The second-order valence-corrected chi connectivity index (χ2v) is 9.54. The van der Waals surface area contributed by atoms with Crippen LogP contribution < -0.4 is 0 Å². The van der Waals surface area contributed by atoms with Crippen LogP contribution in [0.2, 0.25) is 18.1 Å². The van der Waals surface area contributed by atoms with Crippen molar-refractivity contribution >= 4 is 8.07 Å². The standard InChI is InChI=1S/C9H19NSi/c1-8(2)10-7-11(4-5-11)6-9(10)3/h8-9H,4-7H2,1-3H3. The summed E-state index contributed by atoms with van der Waals surface area (Å²) in [4.78, 5) is 2.72. The number of nitrogens with zero attached hydrogens (tertiary/aromatic N) is 1. The summed E-state index contributed by atoms with van der Waals surface area (Å²) in [6.45, 7) is 7.10. The minimum atomic E-state index is -0.553. The predicted octanol–water partition coefficient (Wildman–Crippen LogP) is 2.10. The van der Waals surface area contributed by atoms with Crippen molar-refractivity contribution in [3.63, 3.8) is 0 Å². The maximum atomic E-state index is 2.72. The van der Waals surface area contributed by atoms with Gasteiger partial charge in [-0.15, -0.1) is 0 Å². The third kappa shape index (κ3) is 1.27. The summed E-state index contributed by atoms with van der Waals surface area (Å²) < 4.78 is 0. The zero-order valence-electron chi connectivity index (χ0n) is 7.93. The zero-order chi connectivity index (χ0) is 8.06. The molecule has 2 aliphatic rings. The molecule has 2 saturated heterocycles. The van der Waals surface area contributed by atoms with Crippen molar-refractivity contribution in [1.82, 2.24) is 4.90 Å². The van der Waals surface area contributed by atoms with E-state index in [2.05, 4.69) is 25.7 Å². The van der Waals surface area contributed by atoms with Crippen LogP contribution in [0.4, 0.5) is 0 Å². The van der Waals surface area contributed by atoms with E-state index >= 15 is 0 Å². The summed E-state index contributed by atoms with van der Waals surface area (Å²) in [5.41, 5.74) is 0. The molecule has 0 N–H and O–H groups in total. The molecular weight excluding hydrogens is 150 g/mol. The van der Waals surface area contributed by atoms with E-state index in [4.69, 9.17) is 0 Å². The lowest BCUT2D eigenvalue weighted by molar-refractivity contribution is 0.225. The van der Waals surface area contributed by atoms with Gasteiger partial charge in [-0.1, -0.05) is 12.1 Å². The molecule has 1 unspecified atom stereocenters. The highest BCUT2D eigenvalue weighted by Gasteiger charge is 2.52. The molecule has 2 heterocycles. The van der Waals surface area contributed by atoms with Gasteiger partial charge in [0.05, 0.1) is 8.07 Å². The van der Waals surface area contributed by atoms with Crippen LogP contribution in [0.3, 0.4) is 0 Å². The van der Waals surface area contributed by atoms with Gasteiger partial charge in [0.2, 0.25) is 0 Å². The summed E-state index contributed by atoms with van der Waals surface area (Å²) in [6, 6.07) is 6.58. The molecule has 64 valence electrons. The Bertz CT molecular complexity index is 163. The Morgan fingerprint density at radius 2 is 2.00 bits per heavy atom. The van der Waals surface area contributed by atoms with E-state index in [1.54, 1.807) is 18.1 Å². The average molecular weight is 169 g/mol. The highest BCUT2D eigenvalue weighted by Crippen LogP contribution is 2.46. The number of rotatable bonds is 1. The Hall–Kier alpha value is 0.177. The Balaban J connectivity index is 2.02. The van der Waals surface area contributed by atoms with Crippen LogP contribution in [0.15, 0.2) is 0 Å². The SMILES string of the molecule is CC(C)N1C[Si]2(CC2)CC1C. The molecule has 2 heteroatoms. The maximum Gasteiger partial charge on any atom is 0.0700 e. The largest absolute Gasteiger partial charge is 0.301 e. The fourth-order valence-electron chi connectivity index (χ4n) is 2.58. The van der Waals surface area contributed by atoms with E-state index in [1.807, 2.05) is 0 Å². The van der Waals surface area contributed by atoms with Gasteiger partial charge < -0.3 is 4.90 Å². The second-order valence-electron chi connectivity index (χ2n) is 4.82. The molecule has 2 aliphatic heterocycles. The third-order valence-electron chi connectivity index (χ3n) is 3.43. The van der Waals surface area contributed by atoms with Crippen molar-refractivity contribution in [1.29, 1.82) is 0 Å². The molecule has 2 rings (SSSR count). The van der Waals surface area contributed by atoms with E-state index in [1.165, 1.54) is 6.17 Å². The van der Waals surface area contributed by atoms with Gasteiger partial charge in [-0.05, 0) is 33.0 Å². The third-order valence-corrected chi connectivity index (χ3v) is 7.84. The van der Waals surface area contributed by atoms with Crippen LogP contribution in [0.25, 0.3) is 0 Å². The second kappa shape index (κ2) is 2.33. The number of hydrogen-bond donors (Lipinski definition) is 0. The first-order valence-electron chi connectivity index (χ1n) is 4.89. The van der Waals surface area contributed by atoms with Gasteiger partial charge in [-0.2, -0.15) is 0 Å². The van der Waals surface area contributed by atoms with Crippen LogP contribution in [0.5, 0.6) is 0 Å². The minimum absolute atomic E-state index is 0.553. The van der Waals surface area contributed by atoms with E-state index in [9.17, 15) is 0 Å². The first kappa shape index (κ1) is 7.81. The normalized spacial score (nSPS) is 35.5. The van der Waals surface area contributed by atoms with E-state index in [0.29, 0.717) is 0 Å². The molecule has 2 fully saturated rings. The van der Waals surface area contributed by atoms with Gasteiger partial charge in [0, 0.05) is 12.1 Å². The maximum absolute atomic E-state index is 2.72. The minimum Gasteiger partial charge on any atom is -0.301 e. The average Bonchev–Trinajstić information content (AvgIpc) is 2.54. The van der Waals surface area contributed by atoms with E-state index in [-0.39, 0.29) is 0 Å². The Morgan fingerprint density at radius 1 is 1.36 bits per heavy atom. The molecular formula is C9H19NSi. The van der Waals surface area contributed by atoms with Crippen molar-refractivity contribution in [2.24, 2.45) is 0 Å². The van der Waals surface area contributed by atoms with Gasteiger partial charge in [0.15, 0.2) is 0 Å². The molecule has 0 aromatic carbocycles. The van der Waals surface area contributed by atoms with E-state index in [0.717, 1.165) is 12.1 Å². The number of hydrogen-bond acceptors (Lipinski definition) is 1. The van der Waals surface area contributed by atoms with Gasteiger partial charge in [-0.25, -0.2) is 0 Å². The molecule has 0 radical (unpaired) electrons.